The van der Waals surface area contributed by atoms with Gasteiger partial charge in [0.1, 0.15) is 0 Å². The van der Waals surface area contributed by atoms with E-state index in [1.807, 2.05) is 18.2 Å². The Morgan fingerprint density at radius 2 is 2.17 bits per heavy atom. The summed E-state index contributed by atoms with van der Waals surface area (Å²) in [6, 6.07) is 8.17. The summed E-state index contributed by atoms with van der Waals surface area (Å²) in [5.74, 6) is 0.470. The molecule has 0 saturated carbocycles. The van der Waals surface area contributed by atoms with Crippen LogP contribution in [0.15, 0.2) is 29.1 Å². The number of hydrogen-bond donors (Lipinski definition) is 3. The van der Waals surface area contributed by atoms with Crippen LogP contribution in [0.1, 0.15) is 37.8 Å². The standard InChI is InChI=1S/C18H23N3O2/c1-3-18(2)11-12-7-4-5-8-13(12)15-14(18)16(23)21-17(20-15)19-9-6-10-22/h4-5,7-8,22H,3,6,9-11H2,1-2H3,(H2,19,20,21,23)/t18-/m1/s1. The highest BCUT2D eigenvalue weighted by Crippen LogP contribution is 2.42. The van der Waals surface area contributed by atoms with Crippen LogP contribution in [-0.2, 0) is 11.8 Å². The second-order valence-corrected chi connectivity index (χ2v) is 6.39. The van der Waals surface area contributed by atoms with Crippen LogP contribution in [0, 0.1) is 0 Å². The first kappa shape index (κ1) is 15.7. The molecule has 0 radical (unpaired) electrons. The number of benzene rings is 1. The van der Waals surface area contributed by atoms with Gasteiger partial charge >= 0.3 is 0 Å². The second kappa shape index (κ2) is 6.16. The van der Waals surface area contributed by atoms with E-state index in [1.165, 1.54) is 5.56 Å². The maximum absolute atomic E-state index is 12.7. The van der Waals surface area contributed by atoms with Gasteiger partial charge in [-0.25, -0.2) is 4.98 Å². The summed E-state index contributed by atoms with van der Waals surface area (Å²) in [6.45, 7) is 4.94. The quantitative estimate of drug-likeness (QED) is 0.741. The fraction of sp³-hybridized carbons (Fsp3) is 0.444. The van der Waals surface area contributed by atoms with Crippen molar-refractivity contribution in [3.8, 4) is 11.3 Å². The molecule has 3 rings (SSSR count). The van der Waals surface area contributed by atoms with E-state index in [0.29, 0.717) is 18.9 Å². The van der Waals surface area contributed by atoms with E-state index in [9.17, 15) is 4.79 Å². The van der Waals surface area contributed by atoms with E-state index >= 15 is 0 Å². The third-order valence-electron chi connectivity index (χ3n) is 4.78. The van der Waals surface area contributed by atoms with E-state index < -0.39 is 0 Å². The number of aromatic amines is 1. The molecule has 1 heterocycles. The normalized spacial score (nSPS) is 19.1. The van der Waals surface area contributed by atoms with Crippen molar-refractivity contribution in [2.45, 2.75) is 38.5 Å². The molecule has 0 bridgehead atoms. The van der Waals surface area contributed by atoms with E-state index in [0.717, 1.165) is 29.7 Å². The summed E-state index contributed by atoms with van der Waals surface area (Å²) >= 11 is 0. The second-order valence-electron chi connectivity index (χ2n) is 6.39. The van der Waals surface area contributed by atoms with Gasteiger partial charge in [0.25, 0.3) is 5.56 Å². The minimum Gasteiger partial charge on any atom is -0.396 e. The molecule has 1 aliphatic carbocycles. The molecule has 1 aromatic heterocycles. The van der Waals surface area contributed by atoms with Gasteiger partial charge in [0.2, 0.25) is 5.95 Å². The van der Waals surface area contributed by atoms with Crippen molar-refractivity contribution in [3.05, 3.63) is 45.7 Å². The largest absolute Gasteiger partial charge is 0.396 e. The Bertz CT molecular complexity index is 769. The highest BCUT2D eigenvalue weighted by molar-refractivity contribution is 5.72. The number of hydrogen-bond acceptors (Lipinski definition) is 4. The molecule has 2 aromatic rings. The van der Waals surface area contributed by atoms with Crippen molar-refractivity contribution in [1.82, 2.24) is 9.97 Å². The summed E-state index contributed by atoms with van der Waals surface area (Å²) in [7, 11) is 0. The van der Waals surface area contributed by atoms with Crippen LogP contribution < -0.4 is 10.9 Å². The molecule has 0 fully saturated rings. The fourth-order valence-electron chi connectivity index (χ4n) is 3.31. The van der Waals surface area contributed by atoms with Crippen LogP contribution >= 0.6 is 0 Å². The van der Waals surface area contributed by atoms with Gasteiger partial charge in [0.05, 0.1) is 5.69 Å². The fourth-order valence-corrected chi connectivity index (χ4v) is 3.31. The monoisotopic (exact) mass is 313 g/mol. The maximum Gasteiger partial charge on any atom is 0.256 e. The number of aromatic nitrogens is 2. The zero-order valence-electron chi connectivity index (χ0n) is 13.6. The van der Waals surface area contributed by atoms with Crippen molar-refractivity contribution >= 4 is 5.95 Å². The van der Waals surface area contributed by atoms with Gasteiger partial charge < -0.3 is 10.4 Å². The molecule has 5 heteroatoms. The first-order valence-electron chi connectivity index (χ1n) is 8.17. The molecule has 0 saturated heterocycles. The van der Waals surface area contributed by atoms with Crippen molar-refractivity contribution in [3.63, 3.8) is 0 Å². The van der Waals surface area contributed by atoms with E-state index in [1.54, 1.807) is 0 Å². The Hall–Kier alpha value is -2.14. The number of nitrogens with zero attached hydrogens (tertiary/aromatic N) is 1. The lowest BCUT2D eigenvalue weighted by Crippen LogP contribution is -2.36. The van der Waals surface area contributed by atoms with Crippen molar-refractivity contribution < 1.29 is 5.11 Å². The summed E-state index contributed by atoms with van der Waals surface area (Å²) in [4.78, 5) is 20.3. The predicted molar refractivity (Wildman–Crippen MR) is 91.8 cm³/mol. The highest BCUT2D eigenvalue weighted by atomic mass is 16.3. The average Bonchev–Trinajstić information content (AvgIpc) is 2.55. The first-order valence-corrected chi connectivity index (χ1v) is 8.17. The van der Waals surface area contributed by atoms with Crippen molar-refractivity contribution in [1.29, 1.82) is 0 Å². The maximum atomic E-state index is 12.7. The molecule has 0 spiro atoms. The molecule has 1 aliphatic rings. The van der Waals surface area contributed by atoms with Gasteiger partial charge in [-0.2, -0.15) is 0 Å². The summed E-state index contributed by atoms with van der Waals surface area (Å²) in [6.07, 6.45) is 2.36. The Labute approximate surface area is 135 Å². The SMILES string of the molecule is CC[C@]1(C)Cc2ccccc2-c2nc(NCCCO)[nH]c(=O)c21. The number of aliphatic hydroxyl groups excluding tert-OH is 1. The number of fused-ring (bicyclic) bond motifs is 3. The van der Waals surface area contributed by atoms with Crippen LogP contribution in [0.4, 0.5) is 5.95 Å². The zero-order valence-corrected chi connectivity index (χ0v) is 13.6. The van der Waals surface area contributed by atoms with Gasteiger partial charge in [-0.1, -0.05) is 38.1 Å². The number of H-pyrrole nitrogens is 1. The number of rotatable bonds is 5. The molecule has 0 unspecified atom stereocenters. The molecule has 1 aromatic carbocycles. The van der Waals surface area contributed by atoms with E-state index in [4.69, 9.17) is 5.11 Å². The van der Waals surface area contributed by atoms with Crippen LogP contribution in [0.5, 0.6) is 0 Å². The van der Waals surface area contributed by atoms with Gasteiger partial charge in [-0.05, 0) is 24.8 Å². The average molecular weight is 313 g/mol. The first-order chi connectivity index (χ1) is 11.1. The highest BCUT2D eigenvalue weighted by Gasteiger charge is 2.37. The van der Waals surface area contributed by atoms with Gasteiger partial charge in [-0.15, -0.1) is 0 Å². The topological polar surface area (TPSA) is 78.0 Å². The molecular formula is C18H23N3O2. The summed E-state index contributed by atoms with van der Waals surface area (Å²) < 4.78 is 0. The molecule has 5 nitrogen and oxygen atoms in total. The predicted octanol–water partition coefficient (Wildman–Crippen LogP) is 2.46. The van der Waals surface area contributed by atoms with Crippen LogP contribution in [-0.4, -0.2) is 28.2 Å². The minimum atomic E-state index is -0.200. The Morgan fingerprint density at radius 3 is 2.91 bits per heavy atom. The molecule has 3 N–H and O–H groups in total. The molecule has 23 heavy (non-hydrogen) atoms. The molecule has 0 aliphatic heterocycles. The molecule has 1 atom stereocenters. The molecular weight excluding hydrogens is 290 g/mol. The summed E-state index contributed by atoms with van der Waals surface area (Å²) in [5.41, 5.74) is 3.58. The van der Waals surface area contributed by atoms with Crippen molar-refractivity contribution in [2.75, 3.05) is 18.5 Å². The molecule has 122 valence electrons. The van der Waals surface area contributed by atoms with E-state index in [-0.39, 0.29) is 17.6 Å². The smallest absolute Gasteiger partial charge is 0.256 e. The lowest BCUT2D eigenvalue weighted by atomic mass is 9.69. The molecule has 0 amide bonds. The van der Waals surface area contributed by atoms with E-state index in [2.05, 4.69) is 35.2 Å². The van der Waals surface area contributed by atoms with Crippen LogP contribution in [0.3, 0.4) is 0 Å². The van der Waals surface area contributed by atoms with Gasteiger partial charge in [-0.3, -0.25) is 9.78 Å². The van der Waals surface area contributed by atoms with Crippen LogP contribution in [0.25, 0.3) is 11.3 Å². The lowest BCUT2D eigenvalue weighted by Gasteiger charge is -2.35. The number of anilines is 1. The third kappa shape index (κ3) is 2.77. The number of aliphatic hydroxyl groups is 1. The lowest BCUT2D eigenvalue weighted by molar-refractivity contribution is 0.292. The Kier molecular flexibility index (Phi) is 4.22. The van der Waals surface area contributed by atoms with Crippen molar-refractivity contribution in [2.24, 2.45) is 0 Å². The zero-order chi connectivity index (χ0) is 16.4. The Balaban J connectivity index is 2.14. The Morgan fingerprint density at radius 1 is 1.39 bits per heavy atom. The summed E-state index contributed by atoms with van der Waals surface area (Å²) in [5, 5.41) is 12.0. The van der Waals surface area contributed by atoms with Gasteiger partial charge in [0.15, 0.2) is 0 Å². The third-order valence-corrected chi connectivity index (χ3v) is 4.78. The minimum absolute atomic E-state index is 0.0691. The van der Waals surface area contributed by atoms with Gasteiger partial charge in [0, 0.05) is 29.7 Å². The van der Waals surface area contributed by atoms with Crippen LogP contribution in [0.2, 0.25) is 0 Å². The number of nitrogens with one attached hydrogen (secondary N) is 2.